The van der Waals surface area contributed by atoms with E-state index < -0.39 is 58.1 Å². The molecule has 0 bridgehead atoms. The number of β-lactam (4-membered cyclic amide) rings is 1. The lowest BCUT2D eigenvalue weighted by molar-refractivity contribution is -0.150. The molecule has 3 amide bonds. The van der Waals surface area contributed by atoms with Crippen LogP contribution in [0.3, 0.4) is 0 Å². The van der Waals surface area contributed by atoms with Crippen LogP contribution in [0.25, 0.3) is 0 Å². The second-order valence-corrected chi connectivity index (χ2v) is 11.7. The number of nitrogens with zero attached hydrogens (tertiary/aromatic N) is 3. The zero-order valence-electron chi connectivity index (χ0n) is 21.5. The van der Waals surface area contributed by atoms with Gasteiger partial charge in [-0.05, 0) is 17.7 Å². The Kier molecular flexibility index (Phi) is 8.27. The maximum absolute atomic E-state index is 13.5. The van der Waals surface area contributed by atoms with Crippen molar-refractivity contribution in [1.82, 2.24) is 30.7 Å². The SMILES string of the molecule is O=C(O)C1=C(C(=S)c2nnc(CO)s2)CS[C@H]2C(NC(=O)C(NC(=O)c3c[nH]ccc3=O)c3ccc(O)c(O)c3)C(=O)N12. The normalized spacial score (nSPS) is 18.3. The average Bonchev–Trinajstić information content (AvgIpc) is 3.48. The van der Waals surface area contributed by atoms with Crippen molar-refractivity contribution in [3.8, 4) is 11.5 Å². The zero-order chi connectivity index (χ0) is 31.0. The number of H-pyrrole nitrogens is 1. The molecule has 7 N–H and O–H groups in total. The van der Waals surface area contributed by atoms with Crippen LogP contribution in [0.15, 0.2) is 52.7 Å². The van der Waals surface area contributed by atoms with E-state index in [1.165, 1.54) is 12.3 Å². The smallest absolute Gasteiger partial charge is 0.353 e. The topological polar surface area (TPSA) is 235 Å². The number of aromatic amines is 1. The van der Waals surface area contributed by atoms with Gasteiger partial charge in [0.25, 0.3) is 11.8 Å². The highest BCUT2D eigenvalue weighted by molar-refractivity contribution is 8.00. The van der Waals surface area contributed by atoms with Crippen LogP contribution in [0, 0.1) is 0 Å². The number of hydrogen-bond donors (Lipinski definition) is 7. The van der Waals surface area contributed by atoms with Crippen molar-refractivity contribution in [2.75, 3.05) is 5.75 Å². The van der Waals surface area contributed by atoms with E-state index in [-0.39, 0.29) is 49.6 Å². The Bertz CT molecular complexity index is 1770. The summed E-state index contributed by atoms with van der Waals surface area (Å²) in [5, 5.41) is 51.2. The summed E-state index contributed by atoms with van der Waals surface area (Å²) in [7, 11) is 0. The number of aromatic nitrogens is 3. The Morgan fingerprint density at radius 2 is 1.93 bits per heavy atom. The number of thiocarbonyl (C=S) groups is 1. The molecule has 0 aliphatic carbocycles. The molecule has 0 saturated carbocycles. The molecule has 5 rings (SSSR count). The minimum atomic E-state index is -1.54. The first-order valence-corrected chi connectivity index (χ1v) is 14.5. The number of hydrogen-bond acceptors (Lipinski definition) is 13. The lowest BCUT2D eigenvalue weighted by atomic mass is 9.99. The van der Waals surface area contributed by atoms with Gasteiger partial charge >= 0.3 is 5.97 Å². The fraction of sp³-hybridized carbons (Fsp3) is 0.200. The number of carbonyl (C=O) groups is 4. The molecule has 0 radical (unpaired) electrons. The first-order chi connectivity index (χ1) is 20.5. The first kappa shape index (κ1) is 29.8. The lowest BCUT2D eigenvalue weighted by Crippen LogP contribution is -2.71. The van der Waals surface area contributed by atoms with Crippen LogP contribution < -0.4 is 16.1 Å². The van der Waals surface area contributed by atoms with Crippen LogP contribution in [-0.4, -0.2) is 86.2 Å². The molecule has 2 aliphatic rings. The van der Waals surface area contributed by atoms with Crippen LogP contribution >= 0.6 is 35.3 Å². The number of aromatic hydroxyl groups is 2. The van der Waals surface area contributed by atoms with Crippen LogP contribution in [-0.2, 0) is 21.0 Å². The second-order valence-electron chi connectivity index (χ2n) is 9.09. The number of carboxylic acids is 1. The summed E-state index contributed by atoms with van der Waals surface area (Å²) in [6.07, 6.45) is 2.45. The van der Waals surface area contributed by atoms with Crippen LogP contribution in [0.5, 0.6) is 11.5 Å². The molecule has 222 valence electrons. The quantitative estimate of drug-likeness (QED) is 0.0690. The number of phenolic OH excluding ortho intramolecular Hbond substituents is 2. The molecule has 2 aliphatic heterocycles. The number of thioether (sulfide) groups is 1. The third-order valence-electron chi connectivity index (χ3n) is 6.48. The van der Waals surface area contributed by atoms with Gasteiger partial charge in [-0.2, -0.15) is 0 Å². The summed E-state index contributed by atoms with van der Waals surface area (Å²) in [6.45, 7) is -0.374. The van der Waals surface area contributed by atoms with Gasteiger partial charge in [0.2, 0.25) is 5.91 Å². The Labute approximate surface area is 254 Å². The largest absolute Gasteiger partial charge is 0.504 e. The van der Waals surface area contributed by atoms with Crippen molar-refractivity contribution in [2.45, 2.75) is 24.1 Å². The number of fused-ring (bicyclic) bond motifs is 1. The van der Waals surface area contributed by atoms with Gasteiger partial charge in [-0.25, -0.2) is 4.79 Å². The van der Waals surface area contributed by atoms with E-state index in [2.05, 4.69) is 25.8 Å². The lowest BCUT2D eigenvalue weighted by Gasteiger charge is -2.49. The van der Waals surface area contributed by atoms with Crippen molar-refractivity contribution in [3.05, 3.63) is 79.3 Å². The summed E-state index contributed by atoms with van der Waals surface area (Å²) in [5.74, 6) is -5.04. The van der Waals surface area contributed by atoms with Gasteiger partial charge < -0.3 is 36.0 Å². The maximum Gasteiger partial charge on any atom is 0.353 e. The van der Waals surface area contributed by atoms with Gasteiger partial charge in [0.1, 0.15) is 33.7 Å². The standard InChI is InChI=1S/C25H20N6O9S3/c32-7-15-29-30-22(43-15)19(41)11-8-42-24-17(23(38)31(24)18(11)25(39)40)28-21(37)16(9-1-2-13(34)14(35)5-9)27-20(36)10-6-26-4-3-12(10)33/h1-6,16-17,24,32,34-35H,7-8H2,(H,26,33)(H,27,36)(H,28,37)(H,39,40)/t16?,17?,24-/m0/s1. The number of carbonyl (C=O) groups excluding carboxylic acids is 3. The fourth-order valence-electron chi connectivity index (χ4n) is 4.39. The van der Waals surface area contributed by atoms with E-state index in [0.29, 0.717) is 0 Å². The molecule has 3 aromatic rings. The molecule has 43 heavy (non-hydrogen) atoms. The molecular formula is C25H20N6O9S3. The number of carboxylic acid groups (broad SMARTS) is 1. The van der Waals surface area contributed by atoms with Crippen molar-refractivity contribution in [2.24, 2.45) is 0 Å². The van der Waals surface area contributed by atoms with Crippen LogP contribution in [0.1, 0.15) is 32.0 Å². The monoisotopic (exact) mass is 644 g/mol. The van der Waals surface area contributed by atoms with Crippen LogP contribution in [0.2, 0.25) is 0 Å². The Balaban J connectivity index is 1.40. The number of rotatable bonds is 9. The summed E-state index contributed by atoms with van der Waals surface area (Å²) >= 11 is 7.56. The van der Waals surface area contributed by atoms with Gasteiger partial charge in [-0.15, -0.1) is 22.0 Å². The molecule has 1 fully saturated rings. The molecule has 4 heterocycles. The number of nitrogens with one attached hydrogen (secondary N) is 3. The van der Waals surface area contributed by atoms with Gasteiger partial charge in [0.05, 0.1) is 11.5 Å². The summed E-state index contributed by atoms with van der Waals surface area (Å²) in [5.41, 5.74) is -1.14. The molecule has 0 spiro atoms. The highest BCUT2D eigenvalue weighted by Crippen LogP contribution is 2.42. The Morgan fingerprint density at radius 1 is 1.16 bits per heavy atom. The minimum absolute atomic E-state index is 0.0199. The van der Waals surface area contributed by atoms with Crippen molar-refractivity contribution in [3.63, 3.8) is 0 Å². The number of aliphatic hydroxyl groups is 1. The molecule has 3 atom stereocenters. The van der Waals surface area contributed by atoms with E-state index in [9.17, 15) is 44.4 Å². The number of amides is 3. The molecule has 15 nitrogen and oxygen atoms in total. The molecular weight excluding hydrogens is 625 g/mol. The molecule has 1 aromatic carbocycles. The Morgan fingerprint density at radius 3 is 2.58 bits per heavy atom. The number of benzene rings is 1. The van der Waals surface area contributed by atoms with Crippen molar-refractivity contribution >= 4 is 63.9 Å². The van der Waals surface area contributed by atoms with Crippen molar-refractivity contribution in [1.29, 1.82) is 0 Å². The predicted molar refractivity (Wildman–Crippen MR) is 154 cm³/mol. The molecule has 2 unspecified atom stereocenters. The zero-order valence-corrected chi connectivity index (χ0v) is 24.0. The van der Waals surface area contributed by atoms with E-state index >= 15 is 0 Å². The summed E-state index contributed by atoms with van der Waals surface area (Å²) in [4.78, 5) is 67.7. The number of phenols is 2. The number of pyridine rings is 1. The molecule has 1 saturated heterocycles. The van der Waals surface area contributed by atoms with E-state index in [1.807, 2.05) is 0 Å². The summed E-state index contributed by atoms with van der Waals surface area (Å²) in [6, 6.07) is 1.76. The predicted octanol–water partition coefficient (Wildman–Crippen LogP) is -0.242. The third kappa shape index (κ3) is 5.59. The van der Waals surface area contributed by atoms with Gasteiger partial charge in [0, 0.05) is 29.8 Å². The van der Waals surface area contributed by atoms with Gasteiger partial charge in [0.15, 0.2) is 21.9 Å². The fourth-order valence-corrected chi connectivity index (χ4v) is 6.84. The van der Waals surface area contributed by atoms with Crippen LogP contribution in [0.4, 0.5) is 0 Å². The summed E-state index contributed by atoms with van der Waals surface area (Å²) < 4.78 is 0. The first-order valence-electron chi connectivity index (χ1n) is 12.2. The third-order valence-corrected chi connectivity index (χ3v) is 9.25. The van der Waals surface area contributed by atoms with E-state index in [0.717, 1.165) is 52.4 Å². The Hall–Kier alpha value is -4.65. The minimum Gasteiger partial charge on any atom is -0.504 e. The highest BCUT2D eigenvalue weighted by atomic mass is 32.2. The van der Waals surface area contributed by atoms with E-state index in [1.54, 1.807) is 0 Å². The maximum atomic E-state index is 13.5. The molecule has 2 aromatic heterocycles. The number of aliphatic hydroxyl groups excluding tert-OH is 1. The number of aliphatic carboxylic acids is 1. The highest BCUT2D eigenvalue weighted by Gasteiger charge is 2.55. The average molecular weight is 645 g/mol. The second kappa shape index (κ2) is 11.9. The van der Waals surface area contributed by atoms with Gasteiger partial charge in [-0.3, -0.25) is 24.1 Å². The molecule has 18 heteroatoms. The van der Waals surface area contributed by atoms with Crippen molar-refractivity contribution < 1.29 is 39.6 Å². The van der Waals surface area contributed by atoms with E-state index in [4.69, 9.17) is 12.2 Å². The van der Waals surface area contributed by atoms with Gasteiger partial charge in [-0.1, -0.05) is 29.6 Å².